The molecule has 0 saturated carbocycles. The molecule has 0 N–H and O–H groups in total. The quantitative estimate of drug-likeness (QED) is 0.148. The summed E-state index contributed by atoms with van der Waals surface area (Å²) in [4.78, 5) is 6.28. The molecule has 1 aliphatic rings. The summed E-state index contributed by atoms with van der Waals surface area (Å²) in [7, 11) is 0. The Morgan fingerprint density at radius 2 is 0.417 bits per heavy atom. The molecule has 12 heteroatoms. The Morgan fingerprint density at radius 3 is 0.556 bits per heavy atom. The smallest absolute Gasteiger partial charge is 0.0941 e. The first-order chi connectivity index (χ1) is 17.3. The Balaban J connectivity index is 1.69. The van der Waals surface area contributed by atoms with Gasteiger partial charge in [-0.15, -0.1) is 68.0 Å². The fraction of sp³-hybridized carbons (Fsp3) is 0. The van der Waals surface area contributed by atoms with Gasteiger partial charge >= 0.3 is 0 Å². The molecule has 6 aromatic rings. The summed E-state index contributed by atoms with van der Waals surface area (Å²) in [5.74, 6) is 0. The van der Waals surface area contributed by atoms with Crippen LogP contribution in [-0.2, 0) is 0 Å². The van der Waals surface area contributed by atoms with Gasteiger partial charge in [-0.05, 0) is 36.4 Å². The molecule has 0 aliphatic heterocycles. The van der Waals surface area contributed by atoms with Crippen molar-refractivity contribution in [2.75, 3.05) is 0 Å². The summed E-state index contributed by atoms with van der Waals surface area (Å²) < 4.78 is 4.15. The predicted octanol–water partition coefficient (Wildman–Crippen LogP) is 14.3. The predicted molar refractivity (Wildman–Crippen MR) is 170 cm³/mol. The summed E-state index contributed by atoms with van der Waals surface area (Å²) in [5.41, 5.74) is 6.11. The lowest BCUT2D eigenvalue weighted by Crippen LogP contribution is -1.85. The third-order valence-corrected chi connectivity index (χ3v) is 13.8. The lowest BCUT2D eigenvalue weighted by Gasteiger charge is -2.11. The SMILES string of the molecule is Clc1cc2c(s1)-c1sc(Cl)cc1-c1cc(Cl)sc1-c1sc(Cl)cc1-c1cc(Cl)sc1-c1sc(Cl)cc1-2. The Labute approximate surface area is 259 Å². The molecule has 180 valence electrons. The second-order valence-electron chi connectivity index (χ2n) is 7.76. The third-order valence-electron chi connectivity index (χ3n) is 5.70. The molecule has 0 fully saturated rings. The van der Waals surface area contributed by atoms with Gasteiger partial charge in [-0.3, -0.25) is 0 Å². The van der Waals surface area contributed by atoms with Crippen LogP contribution in [-0.4, -0.2) is 0 Å². The van der Waals surface area contributed by atoms with Crippen LogP contribution in [0.4, 0.5) is 0 Å². The first-order valence-corrected chi connectivity index (χ1v) is 17.2. The van der Waals surface area contributed by atoms with Gasteiger partial charge in [0.15, 0.2) is 0 Å². The Kier molecular flexibility index (Phi) is 6.41. The maximum Gasteiger partial charge on any atom is 0.0941 e. The first-order valence-electron chi connectivity index (χ1n) is 10.0. The molecule has 0 atom stereocenters. The van der Waals surface area contributed by atoms with Gasteiger partial charge in [0.25, 0.3) is 0 Å². The molecule has 7 rings (SSSR count). The molecule has 0 unspecified atom stereocenters. The first kappa shape index (κ1) is 24.9. The number of rotatable bonds is 0. The minimum absolute atomic E-state index is 0.692. The van der Waals surface area contributed by atoms with Crippen molar-refractivity contribution in [2.24, 2.45) is 0 Å². The molecule has 0 spiro atoms. The summed E-state index contributed by atoms with van der Waals surface area (Å²) in [5, 5.41) is 0. The number of hydrogen-bond acceptors (Lipinski definition) is 6. The maximum atomic E-state index is 6.64. The maximum absolute atomic E-state index is 6.64. The van der Waals surface area contributed by atoms with Gasteiger partial charge in [0, 0.05) is 33.4 Å². The molecular formula is C24H6Cl6S6. The van der Waals surface area contributed by atoms with E-state index in [1.807, 2.05) is 36.4 Å². The van der Waals surface area contributed by atoms with Gasteiger partial charge in [-0.2, -0.15) is 0 Å². The second-order valence-corrected chi connectivity index (χ2v) is 17.9. The zero-order valence-electron chi connectivity index (χ0n) is 17.2. The van der Waals surface area contributed by atoms with E-state index in [0.29, 0.717) is 26.0 Å². The van der Waals surface area contributed by atoms with Crippen LogP contribution in [0.2, 0.25) is 26.0 Å². The standard InChI is InChI=1S/C24H6Cl6S6/c25-13-1-7-8-2-14(26)32-20(8)22-11(5-16(28)34-22)12-6-18(30)36-24(12)23-10(4-17(29)35-23)9-3-15(27)33-21(9)19(7)31-13/h1-6H. The molecule has 0 bridgehead atoms. The summed E-state index contributed by atoms with van der Waals surface area (Å²) in [6.45, 7) is 0. The molecular weight excluding hydrogens is 693 g/mol. The highest BCUT2D eigenvalue weighted by atomic mass is 35.5. The van der Waals surface area contributed by atoms with Gasteiger partial charge in [0.1, 0.15) is 0 Å². The van der Waals surface area contributed by atoms with Crippen molar-refractivity contribution in [2.45, 2.75) is 0 Å². The Morgan fingerprint density at radius 1 is 0.278 bits per heavy atom. The average Bonchev–Trinajstić information content (AvgIpc) is 3.61. The van der Waals surface area contributed by atoms with Crippen LogP contribution in [0.5, 0.6) is 0 Å². The highest BCUT2D eigenvalue weighted by molar-refractivity contribution is 7.29. The zero-order chi connectivity index (χ0) is 24.9. The van der Waals surface area contributed by atoms with Crippen molar-refractivity contribution in [3.8, 4) is 62.6 Å². The number of fused-ring (bicyclic) bond motifs is 12. The van der Waals surface area contributed by atoms with Crippen molar-refractivity contribution in [1.29, 1.82) is 0 Å². The van der Waals surface area contributed by atoms with E-state index in [0.717, 1.165) is 62.6 Å². The fourth-order valence-electron chi connectivity index (χ4n) is 4.38. The minimum atomic E-state index is 0.692. The monoisotopic (exact) mass is 696 g/mol. The van der Waals surface area contributed by atoms with E-state index < -0.39 is 0 Å². The zero-order valence-corrected chi connectivity index (χ0v) is 26.6. The highest BCUT2D eigenvalue weighted by Gasteiger charge is 2.29. The Bertz CT molecular complexity index is 1320. The molecule has 1 aliphatic carbocycles. The van der Waals surface area contributed by atoms with E-state index in [2.05, 4.69) is 0 Å². The molecule has 0 radical (unpaired) electrons. The largest absolute Gasteiger partial charge is 0.122 e. The van der Waals surface area contributed by atoms with Crippen LogP contribution < -0.4 is 0 Å². The Hall–Kier alpha value is -0.0600. The van der Waals surface area contributed by atoms with E-state index in [1.54, 1.807) is 0 Å². The van der Waals surface area contributed by atoms with E-state index in [4.69, 9.17) is 69.6 Å². The number of halogens is 6. The van der Waals surface area contributed by atoms with Crippen molar-refractivity contribution in [3.05, 3.63) is 62.4 Å². The van der Waals surface area contributed by atoms with Gasteiger partial charge < -0.3 is 0 Å². The van der Waals surface area contributed by atoms with Crippen LogP contribution in [0.25, 0.3) is 62.6 Å². The van der Waals surface area contributed by atoms with E-state index >= 15 is 0 Å². The van der Waals surface area contributed by atoms with Gasteiger partial charge in [-0.25, -0.2) is 0 Å². The lowest BCUT2D eigenvalue weighted by molar-refractivity contribution is 1.75. The molecule has 6 heterocycles. The van der Waals surface area contributed by atoms with Crippen LogP contribution >= 0.6 is 138 Å². The molecule has 6 aromatic heterocycles. The van der Waals surface area contributed by atoms with Crippen molar-refractivity contribution in [1.82, 2.24) is 0 Å². The van der Waals surface area contributed by atoms with Gasteiger partial charge in [-0.1, -0.05) is 69.6 Å². The number of thiophene rings is 6. The second kappa shape index (κ2) is 9.26. The topological polar surface area (TPSA) is 0 Å². The van der Waals surface area contributed by atoms with E-state index in [9.17, 15) is 0 Å². The summed E-state index contributed by atoms with van der Waals surface area (Å²) >= 11 is 49.1. The van der Waals surface area contributed by atoms with Gasteiger partial charge in [0.05, 0.1) is 55.3 Å². The van der Waals surface area contributed by atoms with E-state index in [1.165, 1.54) is 68.0 Å². The van der Waals surface area contributed by atoms with Crippen molar-refractivity contribution < 1.29 is 0 Å². The molecule has 36 heavy (non-hydrogen) atoms. The number of hydrogen-bond donors (Lipinski definition) is 0. The van der Waals surface area contributed by atoms with E-state index in [-0.39, 0.29) is 0 Å². The highest BCUT2D eigenvalue weighted by Crippen LogP contribution is 2.59. The third kappa shape index (κ3) is 4.00. The van der Waals surface area contributed by atoms with Gasteiger partial charge in [0.2, 0.25) is 0 Å². The van der Waals surface area contributed by atoms with Crippen molar-refractivity contribution in [3.63, 3.8) is 0 Å². The normalized spacial score (nSPS) is 12.2. The lowest BCUT2D eigenvalue weighted by atomic mass is 9.97. The fourth-order valence-corrected chi connectivity index (χ4v) is 12.3. The average molecular weight is 699 g/mol. The van der Waals surface area contributed by atoms with Crippen LogP contribution in [0.1, 0.15) is 0 Å². The summed E-state index contributed by atoms with van der Waals surface area (Å²) in [6.07, 6.45) is 0. The van der Waals surface area contributed by atoms with Crippen LogP contribution in [0.15, 0.2) is 36.4 Å². The molecule has 0 amide bonds. The van der Waals surface area contributed by atoms with Crippen LogP contribution in [0, 0.1) is 0 Å². The minimum Gasteiger partial charge on any atom is -0.122 e. The van der Waals surface area contributed by atoms with Crippen molar-refractivity contribution >= 4 is 138 Å². The molecule has 0 nitrogen and oxygen atoms in total. The summed E-state index contributed by atoms with van der Waals surface area (Å²) in [6, 6.07) is 12.1. The molecule has 0 saturated heterocycles. The van der Waals surface area contributed by atoms with Crippen LogP contribution in [0.3, 0.4) is 0 Å². The molecule has 0 aromatic carbocycles.